The van der Waals surface area contributed by atoms with Crippen LogP contribution in [0.3, 0.4) is 0 Å². The molecule has 1 rings (SSSR count). The van der Waals surface area contributed by atoms with Crippen LogP contribution in [0.4, 0.5) is 0 Å². The molecule has 0 unspecified atom stereocenters. The highest BCUT2D eigenvalue weighted by atomic mass is 14.7. The molecule has 1 aromatic rings. The van der Waals surface area contributed by atoms with Gasteiger partial charge in [0, 0.05) is 11.8 Å². The third-order valence-corrected chi connectivity index (χ3v) is 1.52. The number of rotatable bonds is 2. The maximum Gasteiger partial charge on any atom is 0.0912 e. The van der Waals surface area contributed by atoms with Crippen LogP contribution in [-0.4, -0.2) is 4.98 Å². The van der Waals surface area contributed by atoms with E-state index in [1.165, 1.54) is 6.08 Å². The highest BCUT2D eigenvalue weighted by Crippen LogP contribution is 2.01. The monoisotopic (exact) mass is 158 g/mol. The van der Waals surface area contributed by atoms with Crippen LogP contribution in [-0.2, 0) is 6.42 Å². The number of allylic oxidation sites excluding steroid dienone is 1. The van der Waals surface area contributed by atoms with E-state index in [4.69, 9.17) is 5.26 Å². The minimum absolute atomic E-state index is 0.843. The van der Waals surface area contributed by atoms with Crippen molar-refractivity contribution < 1.29 is 0 Å². The lowest BCUT2D eigenvalue weighted by Gasteiger charge is -1.95. The van der Waals surface area contributed by atoms with Gasteiger partial charge in [-0.3, -0.25) is 4.98 Å². The molecule has 0 aromatic carbocycles. The molecule has 0 aliphatic carbocycles. The van der Waals surface area contributed by atoms with Crippen molar-refractivity contribution >= 4 is 6.08 Å². The van der Waals surface area contributed by atoms with Crippen LogP contribution in [0, 0.1) is 11.3 Å². The Kier molecular flexibility index (Phi) is 3.04. The maximum atomic E-state index is 8.29. The van der Waals surface area contributed by atoms with Crippen LogP contribution in [0.5, 0.6) is 0 Å². The van der Waals surface area contributed by atoms with Gasteiger partial charge in [0.1, 0.15) is 0 Å². The van der Waals surface area contributed by atoms with Gasteiger partial charge in [-0.2, -0.15) is 5.26 Å². The highest BCUT2D eigenvalue weighted by molar-refractivity contribution is 5.47. The van der Waals surface area contributed by atoms with Crippen LogP contribution in [0.15, 0.2) is 24.3 Å². The molecule has 0 spiro atoms. The van der Waals surface area contributed by atoms with Gasteiger partial charge in [-0.25, -0.2) is 0 Å². The van der Waals surface area contributed by atoms with E-state index in [9.17, 15) is 0 Å². The first kappa shape index (κ1) is 8.48. The number of pyridine rings is 1. The van der Waals surface area contributed by atoms with Gasteiger partial charge in [-0.05, 0) is 24.6 Å². The van der Waals surface area contributed by atoms with Crippen LogP contribution in [0.1, 0.15) is 18.3 Å². The Bertz CT molecular complexity index is 321. The Morgan fingerprint density at radius 1 is 1.58 bits per heavy atom. The van der Waals surface area contributed by atoms with Crippen molar-refractivity contribution in [2.45, 2.75) is 13.3 Å². The van der Waals surface area contributed by atoms with E-state index in [0.29, 0.717) is 0 Å². The average Bonchev–Trinajstić information content (AvgIpc) is 2.15. The zero-order valence-electron chi connectivity index (χ0n) is 6.99. The third kappa shape index (κ3) is 2.21. The molecule has 0 fully saturated rings. The third-order valence-electron chi connectivity index (χ3n) is 1.52. The van der Waals surface area contributed by atoms with Gasteiger partial charge in [0.05, 0.1) is 11.8 Å². The molecule has 2 nitrogen and oxygen atoms in total. The average molecular weight is 158 g/mol. The number of hydrogen-bond acceptors (Lipinski definition) is 2. The standard InChI is InChI=1S/C10H10N2/c1-2-9-5-3-6-10(12-9)7-4-8-11/h3-7H,2H2,1H3/b7-4+. The van der Waals surface area contributed by atoms with Gasteiger partial charge >= 0.3 is 0 Å². The lowest BCUT2D eigenvalue weighted by Crippen LogP contribution is -1.87. The van der Waals surface area contributed by atoms with E-state index in [1.54, 1.807) is 6.08 Å². The van der Waals surface area contributed by atoms with Gasteiger partial charge in [0.25, 0.3) is 0 Å². The summed E-state index contributed by atoms with van der Waals surface area (Å²) < 4.78 is 0. The molecule has 2 heteroatoms. The Morgan fingerprint density at radius 2 is 2.42 bits per heavy atom. The molecule has 60 valence electrons. The first-order chi connectivity index (χ1) is 5.86. The molecule has 0 aliphatic heterocycles. The summed E-state index contributed by atoms with van der Waals surface area (Å²) in [5.74, 6) is 0. The molecule has 1 aromatic heterocycles. The zero-order chi connectivity index (χ0) is 8.81. The predicted molar refractivity (Wildman–Crippen MR) is 48.3 cm³/mol. The predicted octanol–water partition coefficient (Wildman–Crippen LogP) is 2.18. The highest BCUT2D eigenvalue weighted by Gasteiger charge is 1.90. The fourth-order valence-electron chi connectivity index (χ4n) is 0.911. The van der Waals surface area contributed by atoms with E-state index >= 15 is 0 Å². The van der Waals surface area contributed by atoms with Crippen LogP contribution in [0.25, 0.3) is 6.08 Å². The first-order valence-corrected chi connectivity index (χ1v) is 3.89. The topological polar surface area (TPSA) is 36.7 Å². The van der Waals surface area contributed by atoms with E-state index in [2.05, 4.69) is 11.9 Å². The van der Waals surface area contributed by atoms with Crippen LogP contribution in [0.2, 0.25) is 0 Å². The molecule has 0 bridgehead atoms. The number of nitriles is 1. The van der Waals surface area contributed by atoms with Crippen molar-refractivity contribution in [2.24, 2.45) is 0 Å². The molecular weight excluding hydrogens is 148 g/mol. The van der Waals surface area contributed by atoms with E-state index < -0.39 is 0 Å². The van der Waals surface area contributed by atoms with E-state index in [1.807, 2.05) is 24.3 Å². The van der Waals surface area contributed by atoms with Crippen molar-refractivity contribution in [3.63, 3.8) is 0 Å². The van der Waals surface area contributed by atoms with Crippen molar-refractivity contribution in [1.82, 2.24) is 4.98 Å². The molecule has 1 heterocycles. The zero-order valence-corrected chi connectivity index (χ0v) is 6.99. The fourth-order valence-corrected chi connectivity index (χ4v) is 0.911. The van der Waals surface area contributed by atoms with Crippen LogP contribution >= 0.6 is 0 Å². The number of aromatic nitrogens is 1. The van der Waals surface area contributed by atoms with Gasteiger partial charge in [-0.15, -0.1) is 0 Å². The number of aryl methyl sites for hydroxylation is 1. The van der Waals surface area contributed by atoms with Crippen molar-refractivity contribution in [2.75, 3.05) is 0 Å². The van der Waals surface area contributed by atoms with Crippen molar-refractivity contribution in [3.8, 4) is 6.07 Å². The summed E-state index contributed by atoms with van der Waals surface area (Å²) in [6.07, 6.45) is 4.06. The van der Waals surface area contributed by atoms with Crippen molar-refractivity contribution in [3.05, 3.63) is 35.7 Å². The Morgan fingerprint density at radius 3 is 3.08 bits per heavy atom. The number of hydrogen-bond donors (Lipinski definition) is 0. The van der Waals surface area contributed by atoms with Gasteiger partial charge in [0.15, 0.2) is 0 Å². The lowest BCUT2D eigenvalue weighted by atomic mass is 10.2. The summed E-state index contributed by atoms with van der Waals surface area (Å²) in [6, 6.07) is 7.74. The van der Waals surface area contributed by atoms with E-state index in [0.717, 1.165) is 17.8 Å². The van der Waals surface area contributed by atoms with Gasteiger partial charge < -0.3 is 0 Å². The second-order valence-electron chi connectivity index (χ2n) is 2.37. The largest absolute Gasteiger partial charge is 0.253 e. The molecule has 12 heavy (non-hydrogen) atoms. The summed E-state index contributed by atoms with van der Waals surface area (Å²) in [5, 5.41) is 8.29. The molecule has 0 N–H and O–H groups in total. The quantitative estimate of drug-likeness (QED) is 0.618. The Hall–Kier alpha value is -1.62. The minimum atomic E-state index is 0.843. The Labute approximate surface area is 72.2 Å². The molecule has 0 saturated heterocycles. The van der Waals surface area contributed by atoms with Gasteiger partial charge in [0.2, 0.25) is 0 Å². The molecule has 0 aliphatic rings. The molecule has 0 atom stereocenters. The summed E-state index contributed by atoms with van der Waals surface area (Å²) in [7, 11) is 0. The molecule has 0 amide bonds. The summed E-state index contributed by atoms with van der Waals surface area (Å²) >= 11 is 0. The maximum absolute atomic E-state index is 8.29. The normalized spacial score (nSPS) is 10.0. The second-order valence-corrected chi connectivity index (χ2v) is 2.37. The molecular formula is C10H10N2. The Balaban J connectivity index is 2.88. The smallest absolute Gasteiger partial charge is 0.0912 e. The van der Waals surface area contributed by atoms with E-state index in [-0.39, 0.29) is 0 Å². The molecule has 0 saturated carbocycles. The summed E-state index contributed by atoms with van der Waals surface area (Å²) in [6.45, 7) is 2.06. The van der Waals surface area contributed by atoms with Crippen LogP contribution < -0.4 is 0 Å². The SMILES string of the molecule is CCc1cccc(/C=C/C#N)n1. The van der Waals surface area contributed by atoms with Gasteiger partial charge in [-0.1, -0.05) is 13.0 Å². The lowest BCUT2D eigenvalue weighted by molar-refractivity contribution is 1.03. The fraction of sp³-hybridized carbons (Fsp3) is 0.200. The van der Waals surface area contributed by atoms with Crippen molar-refractivity contribution in [1.29, 1.82) is 5.26 Å². The number of nitrogens with zero attached hydrogens (tertiary/aromatic N) is 2. The first-order valence-electron chi connectivity index (χ1n) is 3.89. The second kappa shape index (κ2) is 4.30. The summed E-state index contributed by atoms with van der Waals surface area (Å²) in [5.41, 5.74) is 1.89. The molecule has 0 radical (unpaired) electrons. The minimum Gasteiger partial charge on any atom is -0.253 e. The summed E-state index contributed by atoms with van der Waals surface area (Å²) in [4.78, 5) is 4.29.